The Bertz CT molecular complexity index is 1620. The van der Waals surface area contributed by atoms with Crippen LogP contribution in [0.2, 0.25) is 0 Å². The van der Waals surface area contributed by atoms with Gasteiger partial charge in [-0.2, -0.15) is 18.3 Å². The number of rotatable bonds is 9. The number of ether oxygens (including phenoxy) is 1. The van der Waals surface area contributed by atoms with Gasteiger partial charge in [0.1, 0.15) is 11.4 Å². The maximum absolute atomic E-state index is 15.0. The molecule has 0 spiro atoms. The van der Waals surface area contributed by atoms with Crippen LogP contribution in [0.3, 0.4) is 0 Å². The summed E-state index contributed by atoms with van der Waals surface area (Å²) in [5.41, 5.74) is 2.40. The number of alkyl halides is 3. The molecule has 0 aliphatic heterocycles. The summed E-state index contributed by atoms with van der Waals surface area (Å²) in [6.07, 6.45) is -0.243. The quantitative estimate of drug-likeness (QED) is 0.268. The highest BCUT2D eigenvalue weighted by Gasteiger charge is 2.37. The second-order valence-corrected chi connectivity index (χ2v) is 8.78. The number of halogens is 4. The van der Waals surface area contributed by atoms with Crippen molar-refractivity contribution >= 4 is 22.3 Å². The zero-order valence-corrected chi connectivity index (χ0v) is 21.0. The standard InChI is InChI=1S/C25H25F4N7O3/c1-3-39-19-12-31-22(34-21(19)30)16-9-14-6-8-36(24(38)15(14)10-17(16)26)7-4-5-13(2)33-18-11-32-35-23(37)20(18)25(27,28)29/h6,8-13H,3-5,7H2,1-2H3,(H2,30,31,34)(H2,33,35,37). The van der Waals surface area contributed by atoms with Crippen LogP contribution >= 0.6 is 0 Å². The van der Waals surface area contributed by atoms with Gasteiger partial charge in [0.2, 0.25) is 0 Å². The molecule has 1 atom stereocenters. The molecule has 1 unspecified atom stereocenters. The van der Waals surface area contributed by atoms with Gasteiger partial charge in [-0.1, -0.05) is 0 Å². The minimum Gasteiger partial charge on any atom is -0.488 e. The van der Waals surface area contributed by atoms with Crippen molar-refractivity contribution in [1.29, 1.82) is 0 Å². The molecule has 0 saturated carbocycles. The van der Waals surface area contributed by atoms with E-state index in [4.69, 9.17) is 10.5 Å². The predicted octanol–water partition coefficient (Wildman–Crippen LogP) is 3.96. The lowest BCUT2D eigenvalue weighted by Gasteiger charge is -2.18. The average molecular weight is 548 g/mol. The van der Waals surface area contributed by atoms with Gasteiger partial charge < -0.3 is 20.4 Å². The Morgan fingerprint density at radius 1 is 1.23 bits per heavy atom. The first-order valence-corrected chi connectivity index (χ1v) is 12.0. The van der Waals surface area contributed by atoms with E-state index in [2.05, 4.69) is 20.4 Å². The average Bonchev–Trinajstić information content (AvgIpc) is 2.86. The minimum absolute atomic E-state index is 0.0466. The fraction of sp³-hybridized carbons (Fsp3) is 0.320. The highest BCUT2D eigenvalue weighted by molar-refractivity contribution is 5.86. The number of fused-ring (bicyclic) bond motifs is 1. The van der Waals surface area contributed by atoms with E-state index in [1.807, 2.05) is 0 Å². The lowest BCUT2D eigenvalue weighted by molar-refractivity contribution is -0.138. The molecule has 0 amide bonds. The Kier molecular flexibility index (Phi) is 7.83. The van der Waals surface area contributed by atoms with Gasteiger partial charge in [0.05, 0.1) is 35.6 Å². The minimum atomic E-state index is -4.85. The molecule has 206 valence electrons. The second-order valence-electron chi connectivity index (χ2n) is 8.78. The zero-order chi connectivity index (χ0) is 28.3. The SMILES string of the molecule is CCOc1cnc(-c2cc3ccn(CCCC(C)Nc4cn[nH]c(=O)c4C(F)(F)F)c(=O)c3cc2F)nc1N. The first kappa shape index (κ1) is 27.5. The van der Waals surface area contributed by atoms with Crippen molar-refractivity contribution in [3.05, 3.63) is 68.9 Å². The van der Waals surface area contributed by atoms with E-state index < -0.39 is 40.4 Å². The van der Waals surface area contributed by atoms with Crippen molar-refractivity contribution in [3.63, 3.8) is 0 Å². The third kappa shape index (κ3) is 5.99. The molecule has 3 aromatic heterocycles. The number of hydrogen-bond donors (Lipinski definition) is 3. The molecule has 14 heteroatoms. The largest absolute Gasteiger partial charge is 0.488 e. The van der Waals surface area contributed by atoms with E-state index >= 15 is 0 Å². The summed E-state index contributed by atoms with van der Waals surface area (Å²) in [6.45, 7) is 4.03. The van der Waals surface area contributed by atoms with Gasteiger partial charge in [-0.05, 0) is 50.3 Å². The van der Waals surface area contributed by atoms with E-state index in [9.17, 15) is 27.2 Å². The summed E-state index contributed by atoms with van der Waals surface area (Å²) in [5.74, 6) is -0.314. The van der Waals surface area contributed by atoms with Gasteiger partial charge in [0.25, 0.3) is 11.1 Å². The molecule has 4 rings (SSSR count). The van der Waals surface area contributed by atoms with Crippen molar-refractivity contribution in [1.82, 2.24) is 24.7 Å². The Balaban J connectivity index is 1.48. The number of nitrogens with one attached hydrogen (secondary N) is 2. The molecule has 0 aliphatic carbocycles. The van der Waals surface area contributed by atoms with Crippen LogP contribution in [0.5, 0.6) is 5.75 Å². The van der Waals surface area contributed by atoms with E-state index in [0.717, 1.165) is 12.3 Å². The Morgan fingerprint density at radius 3 is 2.69 bits per heavy atom. The number of H-pyrrole nitrogens is 1. The van der Waals surface area contributed by atoms with E-state index in [1.165, 1.54) is 16.8 Å². The Labute approximate surface area is 218 Å². The number of anilines is 2. The van der Waals surface area contributed by atoms with Crippen LogP contribution in [0, 0.1) is 5.82 Å². The fourth-order valence-corrected chi connectivity index (χ4v) is 4.13. The predicted molar refractivity (Wildman–Crippen MR) is 137 cm³/mol. The highest BCUT2D eigenvalue weighted by atomic mass is 19.4. The van der Waals surface area contributed by atoms with Gasteiger partial charge in [-0.3, -0.25) is 9.59 Å². The van der Waals surface area contributed by atoms with E-state index in [1.54, 1.807) is 31.2 Å². The summed E-state index contributed by atoms with van der Waals surface area (Å²) in [4.78, 5) is 32.9. The molecule has 0 radical (unpaired) electrons. The maximum Gasteiger partial charge on any atom is 0.423 e. The van der Waals surface area contributed by atoms with Crippen molar-refractivity contribution < 1.29 is 22.3 Å². The molecule has 0 aliphatic rings. The van der Waals surface area contributed by atoms with Crippen LogP contribution < -0.4 is 26.9 Å². The molecule has 39 heavy (non-hydrogen) atoms. The second kappa shape index (κ2) is 11.1. The van der Waals surface area contributed by atoms with Crippen molar-refractivity contribution in [2.75, 3.05) is 17.7 Å². The van der Waals surface area contributed by atoms with Crippen LogP contribution in [-0.4, -0.2) is 37.4 Å². The molecule has 0 bridgehead atoms. The molecule has 4 aromatic rings. The fourth-order valence-electron chi connectivity index (χ4n) is 4.13. The normalized spacial score (nSPS) is 12.5. The Hall–Kier alpha value is -4.49. The topological polar surface area (TPSA) is 141 Å². The summed E-state index contributed by atoms with van der Waals surface area (Å²) >= 11 is 0. The van der Waals surface area contributed by atoms with E-state index in [-0.39, 0.29) is 34.9 Å². The van der Waals surface area contributed by atoms with Crippen LogP contribution in [0.1, 0.15) is 32.3 Å². The third-order valence-electron chi connectivity index (χ3n) is 5.97. The number of nitrogens with zero attached hydrogens (tertiary/aromatic N) is 4. The van der Waals surface area contributed by atoms with Gasteiger partial charge in [-0.25, -0.2) is 19.5 Å². The molecule has 0 fully saturated rings. The number of aromatic amines is 1. The first-order chi connectivity index (χ1) is 18.5. The molecule has 3 heterocycles. The molecular formula is C25H25F4N7O3. The van der Waals surface area contributed by atoms with Crippen LogP contribution in [0.15, 0.2) is 46.4 Å². The van der Waals surface area contributed by atoms with E-state index in [0.29, 0.717) is 24.8 Å². The van der Waals surface area contributed by atoms with Crippen LogP contribution in [-0.2, 0) is 12.7 Å². The van der Waals surface area contributed by atoms with Crippen molar-refractivity contribution in [3.8, 4) is 17.1 Å². The van der Waals surface area contributed by atoms with Crippen LogP contribution in [0.25, 0.3) is 22.2 Å². The van der Waals surface area contributed by atoms with Crippen molar-refractivity contribution in [2.24, 2.45) is 0 Å². The number of pyridine rings is 1. The van der Waals surface area contributed by atoms with Crippen LogP contribution in [0.4, 0.5) is 29.1 Å². The molecule has 1 aromatic carbocycles. The smallest absolute Gasteiger partial charge is 0.423 e. The summed E-state index contributed by atoms with van der Waals surface area (Å²) in [7, 11) is 0. The molecule has 10 nitrogen and oxygen atoms in total. The lowest BCUT2D eigenvalue weighted by Crippen LogP contribution is -2.27. The van der Waals surface area contributed by atoms with Gasteiger partial charge in [0, 0.05) is 18.8 Å². The summed E-state index contributed by atoms with van der Waals surface area (Å²) in [6, 6.07) is 3.76. The number of hydrogen-bond acceptors (Lipinski definition) is 8. The third-order valence-corrected chi connectivity index (χ3v) is 5.97. The number of nitrogen functional groups attached to an aromatic ring is 1. The Morgan fingerprint density at radius 2 is 2.00 bits per heavy atom. The number of aryl methyl sites for hydroxylation is 1. The summed E-state index contributed by atoms with van der Waals surface area (Å²) in [5, 5.41) is 8.50. The molecular weight excluding hydrogens is 522 g/mol. The first-order valence-electron chi connectivity index (χ1n) is 12.0. The number of benzene rings is 1. The lowest BCUT2D eigenvalue weighted by atomic mass is 10.1. The summed E-state index contributed by atoms with van der Waals surface area (Å²) < 4.78 is 61.4. The number of nitrogens with two attached hydrogens (primary N) is 1. The van der Waals surface area contributed by atoms with Crippen molar-refractivity contribution in [2.45, 2.75) is 45.5 Å². The maximum atomic E-state index is 15.0. The zero-order valence-electron chi connectivity index (χ0n) is 21.0. The molecule has 0 saturated heterocycles. The van der Waals surface area contributed by atoms with Gasteiger partial charge >= 0.3 is 6.18 Å². The monoisotopic (exact) mass is 547 g/mol. The number of aromatic nitrogens is 5. The highest BCUT2D eigenvalue weighted by Crippen LogP contribution is 2.32. The van der Waals surface area contributed by atoms with Gasteiger partial charge in [-0.15, -0.1) is 0 Å². The molecule has 4 N–H and O–H groups in total. The van der Waals surface area contributed by atoms with Gasteiger partial charge in [0.15, 0.2) is 17.4 Å².